The summed E-state index contributed by atoms with van der Waals surface area (Å²) in [5.74, 6) is -0.807. The van der Waals surface area contributed by atoms with Crippen LogP contribution in [0.2, 0.25) is 0 Å². The van der Waals surface area contributed by atoms with Gasteiger partial charge in [-0.1, -0.05) is 6.07 Å². The zero-order valence-corrected chi connectivity index (χ0v) is 21.2. The lowest BCUT2D eigenvalue weighted by molar-refractivity contribution is -0.165. The molecule has 2 N–H and O–H groups in total. The lowest BCUT2D eigenvalue weighted by Crippen LogP contribution is -2.40. The Hall–Kier alpha value is -3.39. The van der Waals surface area contributed by atoms with Gasteiger partial charge in [-0.2, -0.15) is 4.98 Å². The van der Waals surface area contributed by atoms with Crippen LogP contribution in [-0.4, -0.2) is 68.5 Å². The van der Waals surface area contributed by atoms with E-state index in [4.69, 9.17) is 14.2 Å². The Morgan fingerprint density at radius 3 is 2.53 bits per heavy atom. The van der Waals surface area contributed by atoms with Gasteiger partial charge in [0.25, 0.3) is 0 Å². The number of esters is 2. The van der Waals surface area contributed by atoms with E-state index < -0.39 is 43.1 Å². The summed E-state index contributed by atoms with van der Waals surface area (Å²) in [7, 11) is 1.71. The number of ether oxygens (including phenoxy) is 3. The zero-order chi connectivity index (χ0) is 25.4. The number of nitrogens with one attached hydrogen (secondary N) is 1. The highest BCUT2D eigenvalue weighted by Gasteiger charge is 2.50. The van der Waals surface area contributed by atoms with Gasteiger partial charge in [-0.25, -0.2) is 9.97 Å². The number of imidazole rings is 1. The first-order valence-electron chi connectivity index (χ1n) is 11.1. The van der Waals surface area contributed by atoms with Crippen molar-refractivity contribution in [1.29, 1.82) is 0 Å². The second-order valence-corrected chi connectivity index (χ2v) is 10.0. The molecule has 1 unspecified atom stereocenters. The van der Waals surface area contributed by atoms with Gasteiger partial charge >= 0.3 is 11.9 Å². The number of nitrogens with zero attached hydrogens (tertiary/aromatic N) is 4. The fraction of sp³-hybridized carbons (Fsp3) is 0.348. The van der Waals surface area contributed by atoms with Crippen molar-refractivity contribution in [2.24, 2.45) is 0 Å². The molecule has 0 bridgehead atoms. The standard InChI is InChI=1S/C23H23N5O6S2/c1-11(30)32-19-13(9-29)34-22(20(19)33-12(2)31)28-10-25-18-17(26-23(24-3)27-21(18)28)16-7-6-15(36-16)14-5-4-8-35-14/h4-8,10,13,19-20,22,29H,9H2,1-3H3,(H,24,26,27)/t13-,19?,20+,22-/m1/s1. The number of anilines is 1. The van der Waals surface area contributed by atoms with E-state index in [0.717, 1.165) is 14.6 Å². The molecule has 0 spiro atoms. The molecule has 1 aliphatic heterocycles. The Morgan fingerprint density at radius 1 is 1.11 bits per heavy atom. The maximum absolute atomic E-state index is 11.9. The highest BCUT2D eigenvalue weighted by molar-refractivity contribution is 7.23. The molecule has 36 heavy (non-hydrogen) atoms. The average molecular weight is 530 g/mol. The second-order valence-electron chi connectivity index (χ2n) is 8.01. The fourth-order valence-electron chi connectivity index (χ4n) is 4.13. The predicted molar refractivity (Wildman–Crippen MR) is 134 cm³/mol. The molecule has 0 aliphatic carbocycles. The van der Waals surface area contributed by atoms with E-state index in [1.54, 1.807) is 34.3 Å². The highest BCUT2D eigenvalue weighted by atomic mass is 32.1. The Morgan fingerprint density at radius 2 is 1.86 bits per heavy atom. The average Bonchev–Trinajstić information content (AvgIpc) is 3.64. The lowest BCUT2D eigenvalue weighted by atomic mass is 10.1. The van der Waals surface area contributed by atoms with Crippen molar-refractivity contribution in [3.05, 3.63) is 36.0 Å². The van der Waals surface area contributed by atoms with Crippen LogP contribution in [0.15, 0.2) is 36.0 Å². The molecule has 5 heterocycles. The van der Waals surface area contributed by atoms with Crippen molar-refractivity contribution in [1.82, 2.24) is 19.5 Å². The van der Waals surface area contributed by atoms with Gasteiger partial charge in [0.15, 0.2) is 24.1 Å². The zero-order valence-electron chi connectivity index (χ0n) is 19.6. The molecule has 5 rings (SSSR count). The summed E-state index contributed by atoms with van der Waals surface area (Å²) in [4.78, 5) is 40.6. The Kier molecular flexibility index (Phi) is 6.71. The third kappa shape index (κ3) is 4.46. The second kappa shape index (κ2) is 9.93. The van der Waals surface area contributed by atoms with Crippen molar-refractivity contribution in [3.63, 3.8) is 0 Å². The maximum Gasteiger partial charge on any atom is 0.303 e. The van der Waals surface area contributed by atoms with Gasteiger partial charge in [-0.15, -0.1) is 22.7 Å². The molecule has 1 aliphatic rings. The minimum absolute atomic E-state index is 0.364. The summed E-state index contributed by atoms with van der Waals surface area (Å²) in [6.45, 7) is 2.05. The first-order valence-corrected chi connectivity index (χ1v) is 12.8. The molecule has 11 nitrogen and oxygen atoms in total. The Balaban J connectivity index is 1.60. The third-order valence-electron chi connectivity index (χ3n) is 5.59. The van der Waals surface area contributed by atoms with Crippen molar-refractivity contribution in [2.45, 2.75) is 38.4 Å². The topological polar surface area (TPSA) is 138 Å². The normalized spacial score (nSPS) is 21.6. The molecule has 4 aromatic rings. The third-order valence-corrected chi connectivity index (χ3v) is 7.75. The van der Waals surface area contributed by atoms with Crippen molar-refractivity contribution in [3.8, 4) is 20.3 Å². The van der Waals surface area contributed by atoms with E-state index in [-0.39, 0.29) is 0 Å². The molecule has 0 aromatic carbocycles. The van der Waals surface area contributed by atoms with Gasteiger partial charge in [-0.3, -0.25) is 14.2 Å². The molecular weight excluding hydrogens is 506 g/mol. The first kappa shape index (κ1) is 24.3. The van der Waals surface area contributed by atoms with Crippen LogP contribution in [0, 0.1) is 0 Å². The van der Waals surface area contributed by atoms with Crippen molar-refractivity contribution < 1.29 is 28.9 Å². The molecule has 0 saturated carbocycles. The summed E-state index contributed by atoms with van der Waals surface area (Å²) in [6.07, 6.45) is -2.37. The minimum Gasteiger partial charge on any atom is -0.456 e. The molecule has 4 atom stereocenters. The van der Waals surface area contributed by atoms with E-state index in [2.05, 4.69) is 26.3 Å². The number of aliphatic hydroxyl groups is 1. The van der Waals surface area contributed by atoms with Crippen LogP contribution in [0.25, 0.3) is 31.5 Å². The fourth-order valence-corrected chi connectivity index (χ4v) is 5.96. The minimum atomic E-state index is -1.02. The number of carbonyl (C=O) groups is 2. The number of fused-ring (bicyclic) bond motifs is 1. The van der Waals surface area contributed by atoms with Gasteiger partial charge in [0.1, 0.15) is 17.3 Å². The molecule has 1 saturated heterocycles. The quantitative estimate of drug-likeness (QED) is 0.344. The molecule has 0 radical (unpaired) electrons. The monoisotopic (exact) mass is 529 g/mol. The number of hydrogen-bond donors (Lipinski definition) is 2. The van der Waals surface area contributed by atoms with Crippen LogP contribution in [0.4, 0.5) is 5.95 Å². The van der Waals surface area contributed by atoms with Crippen LogP contribution in [0.1, 0.15) is 20.1 Å². The van der Waals surface area contributed by atoms with Crippen molar-refractivity contribution in [2.75, 3.05) is 19.0 Å². The summed E-state index contributed by atoms with van der Waals surface area (Å²) in [5, 5.41) is 14.9. The molecule has 0 amide bonds. The highest BCUT2D eigenvalue weighted by Crippen LogP contribution is 2.40. The van der Waals surface area contributed by atoms with Gasteiger partial charge in [-0.05, 0) is 23.6 Å². The number of aromatic nitrogens is 4. The first-order chi connectivity index (χ1) is 17.4. The van der Waals surface area contributed by atoms with Gasteiger partial charge in [0.2, 0.25) is 5.95 Å². The Labute approximate surface area is 213 Å². The van der Waals surface area contributed by atoms with Crippen LogP contribution >= 0.6 is 22.7 Å². The molecule has 1 fully saturated rings. The van der Waals surface area contributed by atoms with Gasteiger partial charge in [0, 0.05) is 30.6 Å². The van der Waals surface area contributed by atoms with E-state index in [1.807, 2.05) is 23.6 Å². The van der Waals surface area contributed by atoms with E-state index in [0.29, 0.717) is 22.8 Å². The van der Waals surface area contributed by atoms with E-state index >= 15 is 0 Å². The largest absolute Gasteiger partial charge is 0.456 e. The van der Waals surface area contributed by atoms with Crippen molar-refractivity contribution >= 4 is 51.7 Å². The molecular formula is C23H23N5O6S2. The maximum atomic E-state index is 11.9. The predicted octanol–water partition coefficient (Wildman–Crippen LogP) is 3.08. The SMILES string of the molecule is CNc1nc(-c2ccc(-c3cccs3)s2)c2ncn([C@@H]3O[C@H](CO)C(OC(C)=O)[C@@H]3OC(C)=O)c2n1. The van der Waals surface area contributed by atoms with Crippen LogP contribution in [-0.2, 0) is 23.8 Å². The summed E-state index contributed by atoms with van der Waals surface area (Å²) in [6, 6.07) is 8.11. The number of hydrogen-bond acceptors (Lipinski definition) is 12. The molecule has 4 aromatic heterocycles. The number of carbonyl (C=O) groups excluding carboxylic acids is 2. The number of thiophene rings is 2. The van der Waals surface area contributed by atoms with Crippen LogP contribution in [0.3, 0.4) is 0 Å². The lowest BCUT2D eigenvalue weighted by Gasteiger charge is -2.23. The van der Waals surface area contributed by atoms with Gasteiger partial charge < -0.3 is 24.6 Å². The molecule has 13 heteroatoms. The summed E-state index contributed by atoms with van der Waals surface area (Å²) >= 11 is 3.25. The smallest absolute Gasteiger partial charge is 0.303 e. The molecule has 188 valence electrons. The van der Waals surface area contributed by atoms with Gasteiger partial charge in [0.05, 0.1) is 17.8 Å². The number of aliphatic hydroxyl groups excluding tert-OH is 1. The van der Waals surface area contributed by atoms with Crippen LogP contribution in [0.5, 0.6) is 0 Å². The Bertz CT molecular complexity index is 1400. The van der Waals surface area contributed by atoms with Crippen LogP contribution < -0.4 is 5.32 Å². The van der Waals surface area contributed by atoms with E-state index in [1.165, 1.54) is 20.2 Å². The summed E-state index contributed by atoms with van der Waals surface area (Å²) < 4.78 is 18.5. The number of rotatable bonds is 7. The van der Waals surface area contributed by atoms with E-state index in [9.17, 15) is 14.7 Å². The summed E-state index contributed by atoms with van der Waals surface area (Å²) in [5.41, 5.74) is 1.58.